The van der Waals surface area contributed by atoms with Crippen LogP contribution in [0.1, 0.15) is 0 Å². The highest BCUT2D eigenvalue weighted by atomic mass is 35.5. The van der Waals surface area contributed by atoms with Crippen molar-refractivity contribution < 1.29 is 17.2 Å². The molecule has 1 aromatic carbocycles. The van der Waals surface area contributed by atoms with Crippen molar-refractivity contribution in [1.29, 1.82) is 0 Å². The Kier molecular flexibility index (Phi) is 3.34. The first-order chi connectivity index (χ1) is 6.35. The molecule has 0 aliphatic carbocycles. The maximum Gasteiger partial charge on any atom is 0.341 e. The lowest BCUT2D eigenvalue weighted by atomic mass is 10.4. The zero-order valence-corrected chi connectivity index (χ0v) is 8.87. The molecule has 2 nitrogen and oxygen atoms in total. The Bertz CT molecular complexity index is 445. The molecule has 1 rings (SSSR count). The zero-order valence-electron chi connectivity index (χ0n) is 6.55. The molecule has 0 aromatic heterocycles. The van der Waals surface area contributed by atoms with Crippen molar-refractivity contribution in [1.82, 2.24) is 0 Å². The van der Waals surface area contributed by atoms with Crippen LogP contribution in [0.4, 0.5) is 8.78 Å². The van der Waals surface area contributed by atoms with E-state index in [9.17, 15) is 17.2 Å². The third-order valence-electron chi connectivity index (χ3n) is 1.45. The van der Waals surface area contributed by atoms with Crippen molar-refractivity contribution >= 4 is 33.0 Å². The molecule has 7 heteroatoms. The summed E-state index contributed by atoms with van der Waals surface area (Å²) in [5.74, 6) is -3.46. The van der Waals surface area contributed by atoms with Gasteiger partial charge >= 0.3 is 5.76 Å². The summed E-state index contributed by atoms with van der Waals surface area (Å²) in [6, 6.07) is 3.03. The predicted octanol–water partition coefficient (Wildman–Crippen LogP) is 2.99. The van der Waals surface area contributed by atoms with Gasteiger partial charge in [-0.1, -0.05) is 23.2 Å². The Morgan fingerprint density at radius 1 is 1.14 bits per heavy atom. The standard InChI is InChI=1S/C7H4Cl2F2O2S/c8-5-2-1-4(3-6(5)9)14(12,13)7(10)11/h1-3,7H. The van der Waals surface area contributed by atoms with Gasteiger partial charge in [0.2, 0.25) is 9.84 Å². The van der Waals surface area contributed by atoms with E-state index in [0.717, 1.165) is 18.2 Å². The van der Waals surface area contributed by atoms with Crippen molar-refractivity contribution in [3.05, 3.63) is 28.2 Å². The molecule has 0 N–H and O–H groups in total. The molecule has 0 saturated heterocycles. The van der Waals surface area contributed by atoms with Crippen LogP contribution in [0.5, 0.6) is 0 Å². The fourth-order valence-corrected chi connectivity index (χ4v) is 1.87. The molecule has 78 valence electrons. The largest absolute Gasteiger partial charge is 0.341 e. The van der Waals surface area contributed by atoms with Crippen molar-refractivity contribution in [2.75, 3.05) is 0 Å². The Morgan fingerprint density at radius 3 is 2.14 bits per heavy atom. The molecule has 0 unspecified atom stereocenters. The summed E-state index contributed by atoms with van der Waals surface area (Å²) in [5, 5.41) is 0.0354. The number of halogens is 4. The normalized spacial score (nSPS) is 12.1. The van der Waals surface area contributed by atoms with E-state index < -0.39 is 20.5 Å². The molecule has 0 bridgehead atoms. The minimum absolute atomic E-state index is 0.0756. The first-order valence-electron chi connectivity index (χ1n) is 3.33. The topological polar surface area (TPSA) is 34.1 Å². The third kappa shape index (κ3) is 2.16. The first-order valence-corrected chi connectivity index (χ1v) is 5.63. The lowest BCUT2D eigenvalue weighted by Gasteiger charge is -2.03. The quantitative estimate of drug-likeness (QED) is 0.820. The summed E-state index contributed by atoms with van der Waals surface area (Å²) < 4.78 is 46.0. The Morgan fingerprint density at radius 2 is 1.71 bits per heavy atom. The van der Waals surface area contributed by atoms with Crippen molar-refractivity contribution in [2.45, 2.75) is 10.7 Å². The van der Waals surface area contributed by atoms with Crippen molar-refractivity contribution in [3.63, 3.8) is 0 Å². The number of benzene rings is 1. The maximum atomic E-state index is 12.1. The number of alkyl halides is 2. The minimum atomic E-state index is -4.59. The monoisotopic (exact) mass is 260 g/mol. The van der Waals surface area contributed by atoms with E-state index in [1.54, 1.807) is 0 Å². The summed E-state index contributed by atoms with van der Waals surface area (Å²) in [4.78, 5) is -0.540. The number of sulfone groups is 1. The van der Waals surface area contributed by atoms with Gasteiger partial charge in [-0.15, -0.1) is 0 Å². The van der Waals surface area contributed by atoms with E-state index in [4.69, 9.17) is 23.2 Å². The van der Waals surface area contributed by atoms with Crippen LogP contribution in [0, 0.1) is 0 Å². The van der Waals surface area contributed by atoms with Gasteiger partial charge in [-0.05, 0) is 18.2 Å². The van der Waals surface area contributed by atoms with Crippen LogP contribution in [-0.4, -0.2) is 14.2 Å². The van der Waals surface area contributed by atoms with E-state index >= 15 is 0 Å². The van der Waals surface area contributed by atoms with Gasteiger partial charge in [-0.25, -0.2) is 8.42 Å². The smallest absolute Gasteiger partial charge is 0.218 e. The van der Waals surface area contributed by atoms with E-state index in [-0.39, 0.29) is 10.0 Å². The van der Waals surface area contributed by atoms with Gasteiger partial charge in [0, 0.05) is 0 Å². The Hall–Kier alpha value is -0.390. The van der Waals surface area contributed by atoms with Crippen LogP contribution in [-0.2, 0) is 9.84 Å². The molecule has 0 aliphatic heterocycles. The van der Waals surface area contributed by atoms with E-state index in [1.165, 1.54) is 0 Å². The highest BCUT2D eigenvalue weighted by Gasteiger charge is 2.26. The van der Waals surface area contributed by atoms with Crippen LogP contribution in [0.15, 0.2) is 23.1 Å². The number of hydrogen-bond acceptors (Lipinski definition) is 2. The van der Waals surface area contributed by atoms with Crippen LogP contribution in [0.2, 0.25) is 10.0 Å². The average molecular weight is 261 g/mol. The van der Waals surface area contributed by atoms with Gasteiger partial charge in [0.15, 0.2) is 0 Å². The zero-order chi connectivity index (χ0) is 10.9. The molecular formula is C7H4Cl2F2O2S. The average Bonchev–Trinajstić information content (AvgIpc) is 2.09. The predicted molar refractivity (Wildman–Crippen MR) is 49.7 cm³/mol. The molecule has 0 fully saturated rings. The minimum Gasteiger partial charge on any atom is -0.218 e. The molecular weight excluding hydrogens is 257 g/mol. The lowest BCUT2D eigenvalue weighted by molar-refractivity contribution is 0.234. The summed E-state index contributed by atoms with van der Waals surface area (Å²) >= 11 is 11.0. The second-order valence-corrected chi connectivity index (χ2v) is 5.11. The van der Waals surface area contributed by atoms with Crippen LogP contribution in [0.3, 0.4) is 0 Å². The molecule has 1 aromatic rings. The summed E-state index contributed by atoms with van der Waals surface area (Å²) in [6.45, 7) is 0. The first kappa shape index (κ1) is 11.7. The Balaban J connectivity index is 3.29. The molecule has 0 amide bonds. The third-order valence-corrected chi connectivity index (χ3v) is 3.57. The second kappa shape index (κ2) is 4.00. The van der Waals surface area contributed by atoms with Crippen molar-refractivity contribution in [2.24, 2.45) is 0 Å². The molecule has 0 spiro atoms. The molecule has 0 radical (unpaired) electrons. The fraction of sp³-hybridized carbons (Fsp3) is 0.143. The van der Waals surface area contributed by atoms with Crippen LogP contribution >= 0.6 is 23.2 Å². The molecule has 0 saturated carbocycles. The molecule has 14 heavy (non-hydrogen) atoms. The molecule has 0 heterocycles. The molecule has 0 aliphatic rings. The van der Waals surface area contributed by atoms with Crippen LogP contribution in [0.25, 0.3) is 0 Å². The summed E-state index contributed by atoms with van der Waals surface area (Å²) in [6.07, 6.45) is 0. The molecule has 0 atom stereocenters. The lowest BCUT2D eigenvalue weighted by Crippen LogP contribution is -2.11. The highest BCUT2D eigenvalue weighted by Crippen LogP contribution is 2.27. The second-order valence-electron chi connectivity index (χ2n) is 2.38. The van der Waals surface area contributed by atoms with E-state index in [0.29, 0.717) is 0 Å². The van der Waals surface area contributed by atoms with Gasteiger partial charge in [-0.2, -0.15) is 8.78 Å². The van der Waals surface area contributed by atoms with E-state index in [2.05, 4.69) is 0 Å². The SMILES string of the molecule is O=S(=O)(c1ccc(Cl)c(Cl)c1)C(F)F. The fourth-order valence-electron chi connectivity index (χ4n) is 0.757. The van der Waals surface area contributed by atoms with Gasteiger partial charge in [0.05, 0.1) is 14.9 Å². The Labute approximate surface area is 89.4 Å². The van der Waals surface area contributed by atoms with E-state index in [1.807, 2.05) is 0 Å². The maximum absolute atomic E-state index is 12.1. The summed E-state index contributed by atoms with van der Waals surface area (Å²) in [7, 11) is -4.59. The van der Waals surface area contributed by atoms with Gasteiger partial charge < -0.3 is 0 Å². The van der Waals surface area contributed by atoms with Crippen molar-refractivity contribution in [3.8, 4) is 0 Å². The number of rotatable bonds is 2. The summed E-state index contributed by atoms with van der Waals surface area (Å²) in [5.41, 5.74) is 0. The van der Waals surface area contributed by atoms with Gasteiger partial charge in [0.25, 0.3) is 0 Å². The number of hydrogen-bond donors (Lipinski definition) is 0. The van der Waals surface area contributed by atoms with Gasteiger partial charge in [0.1, 0.15) is 0 Å². The highest BCUT2D eigenvalue weighted by molar-refractivity contribution is 7.91. The van der Waals surface area contributed by atoms with Crippen LogP contribution < -0.4 is 0 Å². The van der Waals surface area contributed by atoms with Gasteiger partial charge in [-0.3, -0.25) is 0 Å².